The maximum atomic E-state index is 12.5. The van der Waals surface area contributed by atoms with E-state index >= 15 is 0 Å². The topological polar surface area (TPSA) is 108 Å². The fraction of sp³-hybridized carbons (Fsp3) is 0.158. The number of carboxylic acid groups (broad SMARTS) is 1. The molecule has 0 spiro atoms. The number of carboxylic acids is 1. The first-order valence-electron chi connectivity index (χ1n) is 8.16. The van der Waals surface area contributed by atoms with Gasteiger partial charge in [0.15, 0.2) is 5.82 Å². The molecule has 3 aromatic rings. The van der Waals surface area contributed by atoms with Gasteiger partial charge in [0.25, 0.3) is 0 Å². The highest BCUT2D eigenvalue weighted by molar-refractivity contribution is 5.93. The molecule has 3 rings (SSSR count). The van der Waals surface area contributed by atoms with E-state index in [1.165, 1.54) is 0 Å². The molecule has 132 valence electrons. The van der Waals surface area contributed by atoms with E-state index in [1.54, 1.807) is 0 Å². The monoisotopic (exact) mass is 350 g/mol. The predicted molar refractivity (Wildman–Crippen MR) is 96.3 cm³/mol. The molecular formula is C19H18N4O3. The van der Waals surface area contributed by atoms with Gasteiger partial charge >= 0.3 is 5.97 Å². The summed E-state index contributed by atoms with van der Waals surface area (Å²) in [7, 11) is 0. The molecule has 0 bridgehead atoms. The van der Waals surface area contributed by atoms with Gasteiger partial charge in [0.1, 0.15) is 0 Å². The Bertz CT molecular complexity index is 878. The lowest BCUT2D eigenvalue weighted by Gasteiger charge is -2.13. The second-order valence-corrected chi connectivity index (χ2v) is 5.85. The molecule has 0 aliphatic carbocycles. The Hall–Kier alpha value is -3.48. The molecule has 0 saturated heterocycles. The third kappa shape index (κ3) is 4.54. The van der Waals surface area contributed by atoms with E-state index < -0.39 is 17.8 Å². The summed E-state index contributed by atoms with van der Waals surface area (Å²) in [5.41, 5.74) is 1.74. The third-order valence-electron chi connectivity index (χ3n) is 3.88. The summed E-state index contributed by atoms with van der Waals surface area (Å²) >= 11 is 0. The lowest BCUT2D eigenvalue weighted by atomic mass is 9.95. The van der Waals surface area contributed by atoms with Crippen molar-refractivity contribution in [1.82, 2.24) is 15.2 Å². The molecule has 0 aliphatic rings. The smallest absolute Gasteiger partial charge is 0.304 e. The van der Waals surface area contributed by atoms with E-state index in [0.717, 1.165) is 11.1 Å². The number of anilines is 1. The largest absolute Gasteiger partial charge is 0.481 e. The Morgan fingerprint density at radius 3 is 2.35 bits per heavy atom. The number of nitrogens with one attached hydrogen (secondary N) is 2. The molecule has 0 aliphatic heterocycles. The number of carbonyl (C=O) groups is 2. The van der Waals surface area contributed by atoms with Crippen molar-refractivity contribution >= 4 is 17.8 Å². The minimum atomic E-state index is -1.03. The number of aliphatic carboxylic acids is 1. The first kappa shape index (κ1) is 17.3. The quantitative estimate of drug-likeness (QED) is 0.607. The molecule has 7 nitrogen and oxygen atoms in total. The summed E-state index contributed by atoms with van der Waals surface area (Å²) in [5, 5.41) is 18.5. The highest BCUT2D eigenvalue weighted by Gasteiger charge is 2.23. The van der Waals surface area contributed by atoms with Crippen molar-refractivity contribution in [3.8, 4) is 11.4 Å². The minimum Gasteiger partial charge on any atom is -0.481 e. The third-order valence-corrected chi connectivity index (χ3v) is 3.88. The zero-order chi connectivity index (χ0) is 18.4. The minimum absolute atomic E-state index is 0.123. The summed E-state index contributed by atoms with van der Waals surface area (Å²) in [6.07, 6.45) is 0.0611. The van der Waals surface area contributed by atoms with Gasteiger partial charge in [-0.05, 0) is 12.0 Å². The maximum absolute atomic E-state index is 12.5. The van der Waals surface area contributed by atoms with Crippen LogP contribution in [0.1, 0.15) is 12.0 Å². The van der Waals surface area contributed by atoms with Gasteiger partial charge in [-0.15, -0.1) is 5.10 Å². The number of rotatable bonds is 7. The van der Waals surface area contributed by atoms with E-state index in [4.69, 9.17) is 5.11 Å². The van der Waals surface area contributed by atoms with Crippen molar-refractivity contribution < 1.29 is 14.7 Å². The number of carbonyl (C=O) groups excluding carboxylic acids is 1. The number of aromatic amines is 1. The SMILES string of the molecule is O=C(O)C[C@@H](Cc1ccccc1)C(=O)Nc1n[nH]c(-c2ccccc2)n1. The molecule has 1 amide bonds. The number of H-pyrrole nitrogens is 1. The van der Waals surface area contributed by atoms with Crippen LogP contribution in [0.5, 0.6) is 0 Å². The van der Waals surface area contributed by atoms with Gasteiger partial charge in [0.05, 0.1) is 12.3 Å². The van der Waals surface area contributed by atoms with E-state index in [1.807, 2.05) is 60.7 Å². The van der Waals surface area contributed by atoms with E-state index in [9.17, 15) is 9.59 Å². The van der Waals surface area contributed by atoms with E-state index in [-0.39, 0.29) is 12.4 Å². The zero-order valence-corrected chi connectivity index (χ0v) is 13.9. The normalized spacial score (nSPS) is 11.7. The fourth-order valence-corrected chi connectivity index (χ4v) is 2.62. The Balaban J connectivity index is 1.71. The van der Waals surface area contributed by atoms with Gasteiger partial charge in [0, 0.05) is 5.56 Å². The first-order chi connectivity index (χ1) is 12.6. The second-order valence-electron chi connectivity index (χ2n) is 5.85. The molecule has 3 N–H and O–H groups in total. The molecule has 26 heavy (non-hydrogen) atoms. The fourth-order valence-electron chi connectivity index (χ4n) is 2.62. The van der Waals surface area contributed by atoms with Crippen LogP contribution in [0.4, 0.5) is 5.95 Å². The van der Waals surface area contributed by atoms with Crippen LogP contribution >= 0.6 is 0 Å². The van der Waals surface area contributed by atoms with Crippen LogP contribution in [0.25, 0.3) is 11.4 Å². The van der Waals surface area contributed by atoms with Crippen LogP contribution in [-0.2, 0) is 16.0 Å². The van der Waals surface area contributed by atoms with Crippen molar-refractivity contribution in [2.75, 3.05) is 5.32 Å². The van der Waals surface area contributed by atoms with Crippen LogP contribution in [0.3, 0.4) is 0 Å². The summed E-state index contributed by atoms with van der Waals surface area (Å²) in [4.78, 5) is 27.9. The van der Waals surface area contributed by atoms with Gasteiger partial charge in [-0.25, -0.2) is 0 Å². The van der Waals surface area contributed by atoms with Gasteiger partial charge in [-0.1, -0.05) is 60.7 Å². The molecule has 1 heterocycles. The van der Waals surface area contributed by atoms with Crippen molar-refractivity contribution in [3.63, 3.8) is 0 Å². The molecule has 0 radical (unpaired) electrons. The Morgan fingerprint density at radius 1 is 1.04 bits per heavy atom. The van der Waals surface area contributed by atoms with Crippen LogP contribution in [0.15, 0.2) is 60.7 Å². The average Bonchev–Trinajstić information content (AvgIpc) is 3.11. The van der Waals surface area contributed by atoms with Crippen LogP contribution in [0, 0.1) is 5.92 Å². The number of amides is 1. The molecule has 0 unspecified atom stereocenters. The summed E-state index contributed by atoms with van der Waals surface area (Å²) in [6.45, 7) is 0. The average molecular weight is 350 g/mol. The van der Waals surface area contributed by atoms with Crippen molar-refractivity contribution in [3.05, 3.63) is 66.2 Å². The van der Waals surface area contributed by atoms with Gasteiger partial charge in [-0.2, -0.15) is 4.98 Å². The lowest BCUT2D eigenvalue weighted by molar-refractivity contribution is -0.140. The molecule has 7 heteroatoms. The van der Waals surface area contributed by atoms with Crippen LogP contribution in [0.2, 0.25) is 0 Å². The van der Waals surface area contributed by atoms with Crippen LogP contribution in [-0.4, -0.2) is 32.2 Å². The first-order valence-corrected chi connectivity index (χ1v) is 8.16. The second kappa shape index (κ2) is 8.06. The predicted octanol–water partition coefficient (Wildman–Crippen LogP) is 2.74. The van der Waals surface area contributed by atoms with Gasteiger partial charge in [-0.3, -0.25) is 20.0 Å². The number of aromatic nitrogens is 3. The molecule has 1 atom stereocenters. The summed E-state index contributed by atoms with van der Waals surface area (Å²) in [5.74, 6) is -1.51. The molecule has 0 fully saturated rings. The molecular weight excluding hydrogens is 332 g/mol. The van der Waals surface area contributed by atoms with Crippen molar-refractivity contribution in [2.24, 2.45) is 5.92 Å². The Kier molecular flexibility index (Phi) is 5.38. The number of hydrogen-bond donors (Lipinski definition) is 3. The highest BCUT2D eigenvalue weighted by Crippen LogP contribution is 2.17. The molecule has 2 aromatic carbocycles. The number of benzene rings is 2. The lowest BCUT2D eigenvalue weighted by Crippen LogP contribution is -2.27. The summed E-state index contributed by atoms with van der Waals surface area (Å²) in [6, 6.07) is 18.7. The summed E-state index contributed by atoms with van der Waals surface area (Å²) < 4.78 is 0. The van der Waals surface area contributed by atoms with E-state index in [2.05, 4.69) is 20.5 Å². The van der Waals surface area contributed by atoms with Gasteiger partial charge < -0.3 is 5.11 Å². The highest BCUT2D eigenvalue weighted by atomic mass is 16.4. The van der Waals surface area contributed by atoms with E-state index in [0.29, 0.717) is 12.2 Å². The Labute approximate surface area is 150 Å². The molecule has 0 saturated carbocycles. The van der Waals surface area contributed by atoms with Gasteiger partial charge in [0.2, 0.25) is 11.9 Å². The van der Waals surface area contributed by atoms with Crippen molar-refractivity contribution in [2.45, 2.75) is 12.8 Å². The standard InChI is InChI=1S/C19H18N4O3/c24-16(25)12-15(11-13-7-3-1-4-8-13)18(26)21-19-20-17(22-23-19)14-9-5-2-6-10-14/h1-10,15H,11-12H2,(H,24,25)(H2,20,21,22,23,26)/t15-/m1/s1. The zero-order valence-electron chi connectivity index (χ0n) is 13.9. The number of nitrogens with zero attached hydrogens (tertiary/aromatic N) is 2. The maximum Gasteiger partial charge on any atom is 0.304 e. The van der Waals surface area contributed by atoms with Crippen LogP contribution < -0.4 is 5.32 Å². The molecule has 1 aromatic heterocycles. The Morgan fingerprint density at radius 2 is 1.69 bits per heavy atom. The number of hydrogen-bond acceptors (Lipinski definition) is 4. The van der Waals surface area contributed by atoms with Crippen molar-refractivity contribution in [1.29, 1.82) is 0 Å².